The molecule has 0 atom stereocenters. The van der Waals surface area contributed by atoms with Gasteiger partial charge >= 0.3 is 0 Å². The molecule has 0 fully saturated rings. The Balaban J connectivity index is 2.51. The maximum atomic E-state index is 4.26. The molecule has 0 aromatic carbocycles. The van der Waals surface area contributed by atoms with Crippen molar-refractivity contribution in [3.63, 3.8) is 0 Å². The lowest BCUT2D eigenvalue weighted by atomic mass is 10.7. The molecular formula is C6H2Br3N3S. The standard InChI is InChI=1S/C6H2Br3N3S/c7-3-1-12(5(8)10-3)4-2-13-6(9)11-4/h1-2H. The fourth-order valence-corrected chi connectivity index (χ4v) is 2.91. The highest BCUT2D eigenvalue weighted by Gasteiger charge is 2.07. The van der Waals surface area contributed by atoms with E-state index in [4.69, 9.17) is 0 Å². The fourth-order valence-electron chi connectivity index (χ4n) is 0.846. The smallest absolute Gasteiger partial charge is 0.184 e. The number of hydrogen-bond donors (Lipinski definition) is 0. The molecule has 0 unspecified atom stereocenters. The minimum absolute atomic E-state index is 0.733. The minimum Gasteiger partial charge on any atom is -0.276 e. The molecule has 0 spiro atoms. The lowest BCUT2D eigenvalue weighted by Crippen LogP contribution is -1.91. The Labute approximate surface area is 104 Å². The van der Waals surface area contributed by atoms with Crippen LogP contribution in [0, 0.1) is 0 Å². The highest BCUT2D eigenvalue weighted by atomic mass is 79.9. The van der Waals surface area contributed by atoms with Crippen LogP contribution in [-0.2, 0) is 0 Å². The van der Waals surface area contributed by atoms with Gasteiger partial charge in [-0.15, -0.1) is 11.3 Å². The largest absolute Gasteiger partial charge is 0.276 e. The molecule has 7 heteroatoms. The van der Waals surface area contributed by atoms with Crippen LogP contribution in [0.2, 0.25) is 0 Å². The zero-order chi connectivity index (χ0) is 9.42. The van der Waals surface area contributed by atoms with E-state index in [1.54, 1.807) is 0 Å². The third kappa shape index (κ3) is 2.03. The molecule has 0 aliphatic rings. The van der Waals surface area contributed by atoms with Crippen molar-refractivity contribution in [2.24, 2.45) is 0 Å². The van der Waals surface area contributed by atoms with Crippen molar-refractivity contribution in [3.05, 3.63) is 24.8 Å². The number of rotatable bonds is 1. The van der Waals surface area contributed by atoms with Crippen LogP contribution in [0.3, 0.4) is 0 Å². The molecule has 13 heavy (non-hydrogen) atoms. The summed E-state index contributed by atoms with van der Waals surface area (Å²) < 4.78 is 4.23. The van der Waals surface area contributed by atoms with Crippen molar-refractivity contribution in [1.82, 2.24) is 14.5 Å². The molecule has 0 saturated carbocycles. The summed E-state index contributed by atoms with van der Waals surface area (Å²) in [6.45, 7) is 0. The van der Waals surface area contributed by atoms with Gasteiger partial charge in [0.25, 0.3) is 0 Å². The third-order valence-electron chi connectivity index (χ3n) is 1.34. The van der Waals surface area contributed by atoms with Gasteiger partial charge in [0, 0.05) is 11.6 Å². The molecule has 0 saturated heterocycles. The monoisotopic (exact) mass is 385 g/mol. The van der Waals surface area contributed by atoms with E-state index in [0.29, 0.717) is 0 Å². The first-order valence-electron chi connectivity index (χ1n) is 3.18. The normalized spacial score (nSPS) is 10.7. The molecule has 2 aromatic rings. The Bertz CT molecular complexity index is 436. The summed E-state index contributed by atoms with van der Waals surface area (Å²) in [5.74, 6) is 0.849. The fraction of sp³-hybridized carbons (Fsp3) is 0. The number of thiazole rings is 1. The molecular weight excluding hydrogens is 386 g/mol. The zero-order valence-electron chi connectivity index (χ0n) is 6.04. The van der Waals surface area contributed by atoms with E-state index in [0.717, 1.165) is 19.1 Å². The van der Waals surface area contributed by atoms with E-state index in [2.05, 4.69) is 57.8 Å². The van der Waals surface area contributed by atoms with Gasteiger partial charge in [-0.05, 0) is 47.8 Å². The highest BCUT2D eigenvalue weighted by Crippen LogP contribution is 2.23. The Morgan fingerprint density at radius 1 is 1.23 bits per heavy atom. The van der Waals surface area contributed by atoms with Gasteiger partial charge in [-0.3, -0.25) is 4.57 Å². The minimum atomic E-state index is 0.733. The van der Waals surface area contributed by atoms with Crippen molar-refractivity contribution in [3.8, 4) is 5.82 Å². The van der Waals surface area contributed by atoms with Crippen LogP contribution in [0.1, 0.15) is 0 Å². The van der Waals surface area contributed by atoms with Crippen LogP contribution in [-0.4, -0.2) is 14.5 Å². The van der Waals surface area contributed by atoms with Gasteiger partial charge < -0.3 is 0 Å². The molecule has 2 rings (SSSR count). The second kappa shape index (κ2) is 3.80. The van der Waals surface area contributed by atoms with Crippen LogP contribution >= 0.6 is 59.1 Å². The van der Waals surface area contributed by atoms with Gasteiger partial charge in [0.15, 0.2) is 14.5 Å². The van der Waals surface area contributed by atoms with E-state index in [-0.39, 0.29) is 0 Å². The number of nitrogens with zero attached hydrogens (tertiary/aromatic N) is 3. The van der Waals surface area contributed by atoms with Crippen LogP contribution < -0.4 is 0 Å². The van der Waals surface area contributed by atoms with Crippen LogP contribution in [0.15, 0.2) is 24.8 Å². The summed E-state index contributed by atoms with van der Waals surface area (Å²) in [6.07, 6.45) is 1.85. The molecule has 2 aromatic heterocycles. The lowest BCUT2D eigenvalue weighted by molar-refractivity contribution is 0.971. The molecule has 68 valence electrons. The molecule has 0 aliphatic heterocycles. The maximum Gasteiger partial charge on any atom is 0.184 e. The van der Waals surface area contributed by atoms with Crippen LogP contribution in [0.5, 0.6) is 0 Å². The maximum absolute atomic E-state index is 4.26. The summed E-state index contributed by atoms with van der Waals surface area (Å²) in [6, 6.07) is 0. The van der Waals surface area contributed by atoms with Gasteiger partial charge in [-0.1, -0.05) is 0 Å². The zero-order valence-corrected chi connectivity index (χ0v) is 11.6. The van der Waals surface area contributed by atoms with Crippen molar-refractivity contribution in [2.45, 2.75) is 0 Å². The van der Waals surface area contributed by atoms with E-state index >= 15 is 0 Å². The predicted molar refractivity (Wildman–Crippen MR) is 62.3 cm³/mol. The van der Waals surface area contributed by atoms with Gasteiger partial charge in [-0.25, -0.2) is 9.97 Å². The summed E-state index contributed by atoms with van der Waals surface area (Å²) in [5, 5.41) is 1.95. The number of hydrogen-bond acceptors (Lipinski definition) is 3. The van der Waals surface area contributed by atoms with Crippen molar-refractivity contribution < 1.29 is 0 Å². The Hall–Kier alpha value is 0.280. The Morgan fingerprint density at radius 3 is 2.46 bits per heavy atom. The molecule has 3 nitrogen and oxygen atoms in total. The average Bonchev–Trinajstić information content (AvgIpc) is 2.58. The summed E-state index contributed by atoms with van der Waals surface area (Å²) >= 11 is 11.5. The lowest BCUT2D eigenvalue weighted by Gasteiger charge is -1.95. The summed E-state index contributed by atoms with van der Waals surface area (Å²) in [5.41, 5.74) is 0. The number of halogens is 3. The number of imidazole rings is 1. The van der Waals surface area contributed by atoms with E-state index in [1.807, 2.05) is 16.1 Å². The van der Waals surface area contributed by atoms with Crippen molar-refractivity contribution in [2.75, 3.05) is 0 Å². The SMILES string of the molecule is Brc1cn(-c2csc(Br)n2)c(Br)n1. The van der Waals surface area contributed by atoms with Crippen molar-refractivity contribution in [1.29, 1.82) is 0 Å². The first-order valence-corrected chi connectivity index (χ1v) is 6.44. The average molecular weight is 388 g/mol. The Kier molecular flexibility index (Phi) is 2.87. The van der Waals surface area contributed by atoms with E-state index in [1.165, 1.54) is 11.3 Å². The third-order valence-corrected chi connectivity index (χ3v) is 3.64. The van der Waals surface area contributed by atoms with Gasteiger partial charge in [0.2, 0.25) is 0 Å². The second-order valence-corrected chi connectivity index (χ2v) is 5.82. The van der Waals surface area contributed by atoms with Crippen LogP contribution in [0.4, 0.5) is 0 Å². The molecule has 0 bridgehead atoms. The molecule has 0 aliphatic carbocycles. The predicted octanol–water partition coefficient (Wildman–Crippen LogP) is 3.62. The van der Waals surface area contributed by atoms with E-state index < -0.39 is 0 Å². The van der Waals surface area contributed by atoms with Gasteiger partial charge in [-0.2, -0.15) is 0 Å². The van der Waals surface area contributed by atoms with Crippen LogP contribution in [0.25, 0.3) is 5.82 Å². The van der Waals surface area contributed by atoms with E-state index in [9.17, 15) is 0 Å². The first-order chi connectivity index (χ1) is 6.16. The second-order valence-electron chi connectivity index (χ2n) is 2.16. The van der Waals surface area contributed by atoms with Gasteiger partial charge in [0.1, 0.15) is 4.60 Å². The topological polar surface area (TPSA) is 30.7 Å². The molecule has 2 heterocycles. The molecule has 0 N–H and O–H groups in total. The Morgan fingerprint density at radius 2 is 2.00 bits per heavy atom. The highest BCUT2D eigenvalue weighted by molar-refractivity contribution is 9.11. The molecule has 0 radical (unpaired) electrons. The number of aromatic nitrogens is 3. The van der Waals surface area contributed by atoms with Crippen molar-refractivity contribution >= 4 is 59.1 Å². The first kappa shape index (κ1) is 9.82. The molecule has 0 amide bonds. The summed E-state index contributed by atoms with van der Waals surface area (Å²) in [4.78, 5) is 8.40. The quantitative estimate of drug-likeness (QED) is 0.748. The van der Waals surface area contributed by atoms with Gasteiger partial charge in [0.05, 0.1) is 0 Å². The summed E-state index contributed by atoms with van der Waals surface area (Å²) in [7, 11) is 0.